The minimum absolute atomic E-state index is 0.870. The molecule has 10 rings (SSSR count). The summed E-state index contributed by atoms with van der Waals surface area (Å²) in [5, 5.41) is 9.69. The first-order chi connectivity index (χ1) is 41.6. The first-order valence-electron chi connectivity index (χ1n) is 30.9. The van der Waals surface area contributed by atoms with Gasteiger partial charge >= 0.3 is 369 Å². The summed E-state index contributed by atoms with van der Waals surface area (Å²) in [7, 11) is 0. The predicted molar refractivity (Wildman–Crippen MR) is 389 cm³/mol. The molecule has 0 saturated heterocycles. The summed E-state index contributed by atoms with van der Waals surface area (Å²) in [4.78, 5) is 4.77. The average Bonchev–Trinajstić information content (AvgIpc) is 0.910. The molecule has 0 aliphatic heterocycles. The molecule has 0 amide bonds. The van der Waals surface area contributed by atoms with Crippen LogP contribution >= 0.6 is 0 Å². The second-order valence-electron chi connectivity index (χ2n) is 24.4. The molecule has 0 aliphatic carbocycles. The molecule has 0 fully saturated rings. The van der Waals surface area contributed by atoms with Crippen molar-refractivity contribution in [1.82, 2.24) is 0 Å². The maximum atomic E-state index is 4.56. The number of fused-ring (bicyclic) bond motifs is 2. The Kier molecular flexibility index (Phi) is 18.6. The zero-order valence-electron chi connectivity index (χ0n) is 52.8. The van der Waals surface area contributed by atoms with Crippen molar-refractivity contribution in [2.75, 3.05) is 9.80 Å². The second kappa shape index (κ2) is 26.2. The van der Waals surface area contributed by atoms with Gasteiger partial charge in [0.2, 0.25) is 0 Å². The summed E-state index contributed by atoms with van der Waals surface area (Å²) >= 11 is -4.04. The van der Waals surface area contributed by atoms with Crippen LogP contribution in [-0.4, -0.2) is 26.5 Å². The van der Waals surface area contributed by atoms with Crippen molar-refractivity contribution in [3.63, 3.8) is 0 Å². The molecule has 86 heavy (non-hydrogen) atoms. The molecule has 0 spiro atoms. The molecule has 430 valence electrons. The Morgan fingerprint density at radius 1 is 0.395 bits per heavy atom. The fourth-order valence-corrected chi connectivity index (χ4v) is 17.7. The molecule has 0 aromatic heterocycles. The average molecular weight is 1240 g/mol. The van der Waals surface area contributed by atoms with Crippen LogP contribution in [0.3, 0.4) is 0 Å². The Labute approximate surface area is 518 Å². The van der Waals surface area contributed by atoms with Gasteiger partial charge in [0.25, 0.3) is 0 Å². The molecule has 0 saturated carbocycles. The molecule has 4 heteroatoms. The zero-order valence-corrected chi connectivity index (χ0v) is 57.0. The van der Waals surface area contributed by atoms with Crippen LogP contribution in [0.5, 0.6) is 0 Å². The molecule has 10 aromatic carbocycles. The Morgan fingerprint density at radius 3 is 1.26 bits per heavy atom. The van der Waals surface area contributed by atoms with Crippen LogP contribution in [0, 0.1) is 0 Å². The number of hydrogen-bond acceptors (Lipinski definition) is 2. The molecule has 0 bridgehead atoms. The Hall–Kier alpha value is -8.15. The van der Waals surface area contributed by atoms with Crippen molar-refractivity contribution >= 4 is 122 Å². The van der Waals surface area contributed by atoms with Crippen molar-refractivity contribution in [3.8, 4) is 44.5 Å². The Bertz CT molecular complexity index is 4480. The van der Waals surface area contributed by atoms with Gasteiger partial charge in [0.05, 0.1) is 0 Å². The summed E-state index contributed by atoms with van der Waals surface area (Å²) in [6.45, 7) is 22.3. The third-order valence-corrected chi connectivity index (χ3v) is 25.6. The third-order valence-electron chi connectivity index (χ3n) is 16.9. The van der Waals surface area contributed by atoms with E-state index >= 15 is 0 Å². The van der Waals surface area contributed by atoms with E-state index in [0.29, 0.717) is 0 Å². The molecule has 0 aliphatic rings. The first-order valence-corrected chi connectivity index (χ1v) is 45.5. The van der Waals surface area contributed by atoms with Crippen molar-refractivity contribution in [2.24, 2.45) is 0 Å². The van der Waals surface area contributed by atoms with E-state index in [-0.39, 0.29) is 0 Å². The number of anilines is 5. The Balaban J connectivity index is 1.12. The number of allylic oxidation sites excluding steroid dienone is 3. The van der Waals surface area contributed by atoms with E-state index in [4.69, 9.17) is 0 Å². The van der Waals surface area contributed by atoms with E-state index in [1.807, 2.05) is 6.08 Å². The molecular weight excluding hydrogens is 1160 g/mol. The van der Waals surface area contributed by atoms with Gasteiger partial charge in [-0.15, -0.1) is 0 Å². The minimum atomic E-state index is -2.02. The number of hydrogen-bond donors (Lipinski definition) is 0. The maximum absolute atomic E-state index is 4.56. The van der Waals surface area contributed by atoms with Gasteiger partial charge in [-0.2, -0.15) is 0 Å². The predicted octanol–water partition coefficient (Wildman–Crippen LogP) is 20.1. The SMILES string of the molecule is C=Cc1c(C=C)c(-c2ccc(-c3c(=C/C)/c(=C\C)c(-c4ccc(N(c5ccccc5)c5cc[c]([Ge]([CH3])([CH3])[CH3])cc5)cc4)c4ccccc34)c(=C/CC)/c2=C\C)c2ccccc2c1-c1ccc(N(C(/C=C\C)=C/CC)c2cc[c]([Ge]([CH3])([CH3])[CH3])cc2)cc1. The molecule has 0 N–H and O–H groups in total. The van der Waals surface area contributed by atoms with Crippen LogP contribution in [0.2, 0.25) is 34.5 Å². The van der Waals surface area contributed by atoms with Crippen LogP contribution in [0.15, 0.2) is 225 Å². The molecule has 0 unspecified atom stereocenters. The van der Waals surface area contributed by atoms with Crippen LogP contribution in [0.1, 0.15) is 65.5 Å². The molecule has 0 radical (unpaired) electrons. The van der Waals surface area contributed by atoms with E-state index in [1.165, 1.54) is 79.0 Å². The molecule has 0 atom stereocenters. The van der Waals surface area contributed by atoms with Gasteiger partial charge in [0, 0.05) is 0 Å². The van der Waals surface area contributed by atoms with Crippen molar-refractivity contribution in [3.05, 3.63) is 257 Å². The molecule has 0 heterocycles. The second-order valence-corrected chi connectivity index (χ2v) is 45.7. The van der Waals surface area contributed by atoms with Gasteiger partial charge in [-0.3, -0.25) is 0 Å². The van der Waals surface area contributed by atoms with E-state index in [2.05, 4.69) is 336 Å². The number of nitrogens with zero attached hydrogens (tertiary/aromatic N) is 2. The zero-order chi connectivity index (χ0) is 60.9. The van der Waals surface area contributed by atoms with Crippen molar-refractivity contribution in [2.45, 2.75) is 88.9 Å². The van der Waals surface area contributed by atoms with Gasteiger partial charge in [-0.05, 0) is 59.9 Å². The summed E-state index contributed by atoms with van der Waals surface area (Å²) in [6, 6.07) is 70.5. The van der Waals surface area contributed by atoms with Crippen LogP contribution < -0.4 is 39.5 Å². The fraction of sp³-hybridized carbons (Fsp3) is 0.171. The number of para-hydroxylation sites is 1. The molecule has 2 nitrogen and oxygen atoms in total. The van der Waals surface area contributed by atoms with Gasteiger partial charge in [0.1, 0.15) is 0 Å². The van der Waals surface area contributed by atoms with Gasteiger partial charge in [-0.1, -0.05) is 92.9 Å². The Morgan fingerprint density at radius 2 is 0.791 bits per heavy atom. The van der Waals surface area contributed by atoms with Gasteiger partial charge < -0.3 is 0 Å². The summed E-state index contributed by atoms with van der Waals surface area (Å²) in [5.74, 6) is 14.7. The number of rotatable bonds is 17. The molecule has 10 aromatic rings. The summed E-state index contributed by atoms with van der Waals surface area (Å²) in [5.41, 5.74) is 18.5. The van der Waals surface area contributed by atoms with Gasteiger partial charge in [0.15, 0.2) is 0 Å². The van der Waals surface area contributed by atoms with Crippen LogP contribution in [0.4, 0.5) is 28.4 Å². The van der Waals surface area contributed by atoms with E-state index in [1.54, 1.807) is 0 Å². The quantitative estimate of drug-likeness (QED) is 0.0662. The van der Waals surface area contributed by atoms with Crippen LogP contribution in [-0.2, 0) is 0 Å². The molecular formula is C82H84Ge2N2. The topological polar surface area (TPSA) is 6.48 Å². The normalized spacial score (nSPS) is 13.1. The van der Waals surface area contributed by atoms with Crippen molar-refractivity contribution in [1.29, 1.82) is 0 Å². The fourth-order valence-electron chi connectivity index (χ4n) is 12.9. The van der Waals surface area contributed by atoms with E-state index in [0.717, 1.165) is 74.8 Å². The van der Waals surface area contributed by atoms with Crippen molar-refractivity contribution < 1.29 is 0 Å². The van der Waals surface area contributed by atoms with E-state index in [9.17, 15) is 0 Å². The number of benzene rings is 10. The standard InChI is InChI=1S/C82H84Ge2N2/c1-15-30-61(31-16-2)85(65-51-43-59(44-52-65)83(9,10)11)63-47-39-57(40-48-63)79-68(19-5)70(21-7)81(75-37-28-26-35-73(75)79)77-55-56-78(72(32-17-3)67(77)18-4)82-71(22-8)69(20-6)80(74-36-27-29-38-76(74)82)58-41-49-64(50-42-58)86(62-33-24-23-25-34-62)66-53-45-60(46-54-66)84(12,13)14/h15,18-56H,5,7,16-17H2,1-4,6,8-14H3/b30-15-,61-31+,67-18+,69-20+,71-22+,72-32+. The first kappa shape index (κ1) is 61.0. The van der Waals surface area contributed by atoms with E-state index < -0.39 is 26.5 Å². The van der Waals surface area contributed by atoms with Gasteiger partial charge in [-0.25, -0.2) is 0 Å². The third kappa shape index (κ3) is 11.8. The summed E-state index contributed by atoms with van der Waals surface area (Å²) < 4.78 is 3.00. The van der Waals surface area contributed by atoms with Crippen LogP contribution in [0.25, 0.3) is 103 Å². The summed E-state index contributed by atoms with van der Waals surface area (Å²) in [6.07, 6.45) is 22.0. The monoisotopic (exact) mass is 1240 g/mol.